The van der Waals surface area contributed by atoms with Crippen LogP contribution in [0.1, 0.15) is 0 Å². The van der Waals surface area contributed by atoms with E-state index in [0.717, 1.165) is 10.5 Å². The van der Waals surface area contributed by atoms with Crippen molar-refractivity contribution >= 4 is 11.8 Å². The number of ether oxygens (including phenoxy) is 1. The largest absolute Gasteiger partial charge is 0.497 e. The van der Waals surface area contributed by atoms with Gasteiger partial charge in [0.2, 0.25) is 0 Å². The van der Waals surface area contributed by atoms with E-state index in [1.54, 1.807) is 23.9 Å². The SMILES string of the molecule is COc1ccc(-c2ccccc2SC)c(F)c1. The zero-order valence-corrected chi connectivity index (χ0v) is 10.6. The van der Waals surface area contributed by atoms with Crippen LogP contribution in [0, 0.1) is 5.82 Å². The third-order valence-electron chi connectivity index (χ3n) is 2.57. The highest BCUT2D eigenvalue weighted by Crippen LogP contribution is 2.32. The standard InChI is InChI=1S/C14H13FOS/c1-16-10-7-8-11(13(15)9-10)12-5-3-4-6-14(12)17-2/h3-9H,1-2H3. The van der Waals surface area contributed by atoms with Crippen LogP contribution in [0.3, 0.4) is 0 Å². The quantitative estimate of drug-likeness (QED) is 0.752. The molecule has 0 fully saturated rings. The summed E-state index contributed by atoms with van der Waals surface area (Å²) in [5, 5.41) is 0. The Hall–Kier alpha value is -1.48. The van der Waals surface area contributed by atoms with Crippen molar-refractivity contribution in [2.24, 2.45) is 0 Å². The molecular weight excluding hydrogens is 235 g/mol. The third-order valence-corrected chi connectivity index (χ3v) is 3.37. The normalized spacial score (nSPS) is 10.3. The maximum atomic E-state index is 13.9. The van der Waals surface area contributed by atoms with E-state index >= 15 is 0 Å². The van der Waals surface area contributed by atoms with E-state index in [9.17, 15) is 4.39 Å². The first-order valence-corrected chi connectivity index (χ1v) is 6.45. The van der Waals surface area contributed by atoms with Gasteiger partial charge in [0, 0.05) is 16.5 Å². The molecule has 0 saturated carbocycles. The number of thioether (sulfide) groups is 1. The van der Waals surface area contributed by atoms with E-state index in [0.29, 0.717) is 11.3 Å². The molecule has 0 spiro atoms. The minimum atomic E-state index is -0.258. The molecule has 2 aromatic rings. The highest BCUT2D eigenvalue weighted by molar-refractivity contribution is 7.98. The summed E-state index contributed by atoms with van der Waals surface area (Å²) in [5.41, 5.74) is 1.52. The molecule has 0 bridgehead atoms. The second-order valence-electron chi connectivity index (χ2n) is 3.55. The van der Waals surface area contributed by atoms with Gasteiger partial charge in [-0.3, -0.25) is 0 Å². The predicted octanol–water partition coefficient (Wildman–Crippen LogP) is 4.22. The number of hydrogen-bond donors (Lipinski definition) is 0. The first-order valence-electron chi connectivity index (χ1n) is 5.23. The molecule has 0 unspecified atom stereocenters. The predicted molar refractivity (Wildman–Crippen MR) is 70.2 cm³/mol. The molecule has 0 radical (unpaired) electrons. The molecule has 3 heteroatoms. The van der Waals surface area contributed by atoms with E-state index in [-0.39, 0.29) is 5.82 Å². The van der Waals surface area contributed by atoms with Gasteiger partial charge in [-0.25, -0.2) is 4.39 Å². The van der Waals surface area contributed by atoms with Gasteiger partial charge in [-0.1, -0.05) is 18.2 Å². The smallest absolute Gasteiger partial charge is 0.134 e. The minimum Gasteiger partial charge on any atom is -0.497 e. The zero-order chi connectivity index (χ0) is 12.3. The van der Waals surface area contributed by atoms with E-state index in [1.165, 1.54) is 13.2 Å². The average molecular weight is 248 g/mol. The zero-order valence-electron chi connectivity index (χ0n) is 9.74. The molecule has 2 rings (SSSR count). The Balaban J connectivity index is 2.53. The third kappa shape index (κ3) is 2.44. The van der Waals surface area contributed by atoms with Crippen LogP contribution in [-0.2, 0) is 0 Å². The molecule has 0 saturated heterocycles. The lowest BCUT2D eigenvalue weighted by atomic mass is 10.1. The molecule has 0 aliphatic rings. The number of rotatable bonds is 3. The fourth-order valence-electron chi connectivity index (χ4n) is 1.71. The van der Waals surface area contributed by atoms with Crippen LogP contribution < -0.4 is 4.74 Å². The lowest BCUT2D eigenvalue weighted by molar-refractivity contribution is 0.411. The summed E-state index contributed by atoms with van der Waals surface area (Å²) in [7, 11) is 1.53. The van der Waals surface area contributed by atoms with Crippen molar-refractivity contribution in [3.05, 3.63) is 48.3 Å². The van der Waals surface area contributed by atoms with Crippen LogP contribution in [0.2, 0.25) is 0 Å². The Morgan fingerprint density at radius 1 is 1.06 bits per heavy atom. The summed E-state index contributed by atoms with van der Waals surface area (Å²) in [6, 6.07) is 12.7. The number of hydrogen-bond acceptors (Lipinski definition) is 2. The van der Waals surface area contributed by atoms with Gasteiger partial charge in [0.05, 0.1) is 7.11 Å². The summed E-state index contributed by atoms with van der Waals surface area (Å²) in [5.74, 6) is 0.277. The molecule has 88 valence electrons. The van der Waals surface area contributed by atoms with Crippen molar-refractivity contribution in [2.75, 3.05) is 13.4 Å². The second-order valence-corrected chi connectivity index (χ2v) is 4.39. The Labute approximate surface area is 105 Å². The minimum absolute atomic E-state index is 0.258. The van der Waals surface area contributed by atoms with Crippen LogP contribution >= 0.6 is 11.8 Å². The van der Waals surface area contributed by atoms with E-state index in [4.69, 9.17) is 4.74 Å². The van der Waals surface area contributed by atoms with Gasteiger partial charge in [-0.2, -0.15) is 0 Å². The number of halogens is 1. The summed E-state index contributed by atoms with van der Waals surface area (Å²) in [4.78, 5) is 1.07. The second kappa shape index (κ2) is 5.23. The Bertz CT molecular complexity index is 525. The van der Waals surface area contributed by atoms with Crippen molar-refractivity contribution in [1.82, 2.24) is 0 Å². The molecule has 0 aliphatic heterocycles. The van der Waals surface area contributed by atoms with E-state index in [1.807, 2.05) is 30.5 Å². The Kier molecular flexibility index (Phi) is 3.69. The van der Waals surface area contributed by atoms with Crippen LogP contribution in [0.4, 0.5) is 4.39 Å². The van der Waals surface area contributed by atoms with Crippen molar-refractivity contribution in [1.29, 1.82) is 0 Å². The lowest BCUT2D eigenvalue weighted by Crippen LogP contribution is -1.89. The molecule has 0 amide bonds. The van der Waals surface area contributed by atoms with Gasteiger partial charge < -0.3 is 4.74 Å². The highest BCUT2D eigenvalue weighted by Gasteiger charge is 2.09. The van der Waals surface area contributed by atoms with Crippen molar-refractivity contribution in [3.63, 3.8) is 0 Å². The number of methoxy groups -OCH3 is 1. The molecular formula is C14H13FOS. The Morgan fingerprint density at radius 3 is 2.47 bits per heavy atom. The fraction of sp³-hybridized carbons (Fsp3) is 0.143. The summed E-state index contributed by atoms with van der Waals surface area (Å²) < 4.78 is 18.9. The maximum Gasteiger partial charge on any atom is 0.134 e. The van der Waals surface area contributed by atoms with E-state index < -0.39 is 0 Å². The van der Waals surface area contributed by atoms with Crippen LogP contribution in [0.5, 0.6) is 5.75 Å². The number of benzene rings is 2. The molecule has 2 aromatic carbocycles. The molecule has 17 heavy (non-hydrogen) atoms. The molecule has 0 aliphatic carbocycles. The van der Waals surface area contributed by atoms with Gasteiger partial charge in [0.15, 0.2) is 0 Å². The summed E-state index contributed by atoms with van der Waals surface area (Å²) in [6.45, 7) is 0. The maximum absolute atomic E-state index is 13.9. The molecule has 0 heterocycles. The van der Waals surface area contributed by atoms with Crippen molar-refractivity contribution in [2.45, 2.75) is 4.90 Å². The average Bonchev–Trinajstić information content (AvgIpc) is 2.38. The fourth-order valence-corrected chi connectivity index (χ4v) is 2.32. The molecule has 1 nitrogen and oxygen atoms in total. The van der Waals surface area contributed by atoms with Crippen molar-refractivity contribution in [3.8, 4) is 16.9 Å². The van der Waals surface area contributed by atoms with Gasteiger partial charge in [0.1, 0.15) is 11.6 Å². The molecule has 0 aromatic heterocycles. The van der Waals surface area contributed by atoms with Crippen LogP contribution in [-0.4, -0.2) is 13.4 Å². The van der Waals surface area contributed by atoms with Gasteiger partial charge in [-0.15, -0.1) is 11.8 Å². The molecule has 0 atom stereocenters. The van der Waals surface area contributed by atoms with Crippen molar-refractivity contribution < 1.29 is 9.13 Å². The lowest BCUT2D eigenvalue weighted by Gasteiger charge is -2.09. The molecule has 0 N–H and O–H groups in total. The van der Waals surface area contributed by atoms with Gasteiger partial charge >= 0.3 is 0 Å². The summed E-state index contributed by atoms with van der Waals surface area (Å²) >= 11 is 1.61. The monoisotopic (exact) mass is 248 g/mol. The van der Waals surface area contributed by atoms with E-state index in [2.05, 4.69) is 0 Å². The van der Waals surface area contributed by atoms with Crippen LogP contribution in [0.25, 0.3) is 11.1 Å². The van der Waals surface area contributed by atoms with Crippen LogP contribution in [0.15, 0.2) is 47.4 Å². The first-order chi connectivity index (χ1) is 8.26. The Morgan fingerprint density at radius 2 is 1.82 bits per heavy atom. The summed E-state index contributed by atoms with van der Waals surface area (Å²) in [6.07, 6.45) is 1.99. The topological polar surface area (TPSA) is 9.23 Å². The van der Waals surface area contributed by atoms with Gasteiger partial charge in [-0.05, 0) is 30.0 Å². The van der Waals surface area contributed by atoms with Gasteiger partial charge in [0.25, 0.3) is 0 Å². The first kappa shape index (κ1) is 12.0. The highest BCUT2D eigenvalue weighted by atomic mass is 32.2.